The molecule has 10 nitrogen and oxygen atoms in total. The topological polar surface area (TPSA) is 94.1 Å². The highest BCUT2D eigenvalue weighted by atomic mass is 19.4. The SMILES string of the molecule is COc1cccc(C(=O)N(Nc2ncc3c(n2)N(C2CCCC2)CC(F)(C(F)(F)F)C(=O)N3C)C2CCN(C)CC2)c1. The van der Waals surface area contributed by atoms with E-state index in [1.54, 1.807) is 24.3 Å². The fraction of sp³-hybridized carbons (Fsp3) is 0.571. The zero-order valence-corrected chi connectivity index (χ0v) is 23.8. The molecule has 3 heterocycles. The van der Waals surface area contributed by atoms with E-state index in [0.717, 1.165) is 33.0 Å². The number of ether oxygens (including phenoxy) is 1. The highest BCUT2D eigenvalue weighted by molar-refractivity contribution is 6.03. The van der Waals surface area contributed by atoms with Crippen molar-refractivity contribution in [2.75, 3.05) is 56.1 Å². The number of carbonyl (C=O) groups excluding carboxylic acids is 2. The number of benzene rings is 1. The lowest BCUT2D eigenvalue weighted by Crippen LogP contribution is -2.59. The predicted octanol–water partition coefficient (Wildman–Crippen LogP) is 4.04. The molecule has 1 atom stereocenters. The molecule has 5 rings (SSSR count). The first-order valence-corrected chi connectivity index (χ1v) is 14.0. The van der Waals surface area contributed by atoms with Crippen molar-refractivity contribution in [1.82, 2.24) is 19.9 Å². The molecule has 1 saturated heterocycles. The number of aromatic nitrogens is 2. The number of anilines is 3. The second-order valence-electron chi connectivity index (χ2n) is 11.2. The van der Waals surface area contributed by atoms with Crippen LogP contribution in [0.25, 0.3) is 0 Å². The zero-order valence-electron chi connectivity index (χ0n) is 23.8. The Labute approximate surface area is 241 Å². The molecule has 1 N–H and O–H groups in total. The molecule has 42 heavy (non-hydrogen) atoms. The van der Waals surface area contributed by atoms with Gasteiger partial charge in [-0.15, -0.1) is 0 Å². The van der Waals surface area contributed by atoms with Crippen molar-refractivity contribution in [3.63, 3.8) is 0 Å². The Hall–Kier alpha value is -3.68. The summed E-state index contributed by atoms with van der Waals surface area (Å²) < 4.78 is 63.1. The van der Waals surface area contributed by atoms with E-state index >= 15 is 4.39 Å². The van der Waals surface area contributed by atoms with E-state index in [1.165, 1.54) is 23.2 Å². The van der Waals surface area contributed by atoms with Crippen LogP contribution in [0.5, 0.6) is 5.75 Å². The third kappa shape index (κ3) is 5.55. The van der Waals surface area contributed by atoms with Crippen LogP contribution in [-0.4, -0.2) is 96.5 Å². The summed E-state index contributed by atoms with van der Waals surface area (Å²) in [4.78, 5) is 39.6. The van der Waals surface area contributed by atoms with Crippen molar-refractivity contribution in [3.8, 4) is 5.75 Å². The van der Waals surface area contributed by atoms with Crippen molar-refractivity contribution in [2.45, 2.75) is 62.5 Å². The lowest BCUT2D eigenvalue weighted by atomic mass is 10.0. The Morgan fingerprint density at radius 3 is 2.48 bits per heavy atom. The molecule has 2 aromatic rings. The number of fused-ring (bicyclic) bond motifs is 1. The minimum Gasteiger partial charge on any atom is -0.497 e. The van der Waals surface area contributed by atoms with E-state index in [4.69, 9.17) is 4.74 Å². The van der Waals surface area contributed by atoms with Gasteiger partial charge < -0.3 is 19.4 Å². The Bertz CT molecular complexity index is 1310. The number of carbonyl (C=O) groups is 2. The number of nitrogens with zero attached hydrogens (tertiary/aromatic N) is 6. The molecule has 2 fully saturated rings. The van der Waals surface area contributed by atoms with Gasteiger partial charge in [0.2, 0.25) is 5.95 Å². The molecule has 2 aliphatic heterocycles. The fourth-order valence-electron chi connectivity index (χ4n) is 5.91. The van der Waals surface area contributed by atoms with Crippen LogP contribution in [0.4, 0.5) is 35.0 Å². The standard InChI is InChI=1S/C28H35F4N7O3/c1-36-13-11-20(12-14-36)39(24(40)18-7-6-10-21(15-18)42-3)35-26-33-16-22-23(34-26)38(19-8-4-5-9-19)17-27(29,28(30,31)32)25(41)37(22)2/h6-7,10,15-16,19-20H,4-5,8-9,11-14,17H2,1-3H3,(H,33,34,35). The van der Waals surface area contributed by atoms with Crippen LogP contribution in [0.3, 0.4) is 0 Å². The molecular weight excluding hydrogens is 558 g/mol. The second-order valence-corrected chi connectivity index (χ2v) is 11.2. The van der Waals surface area contributed by atoms with E-state index in [2.05, 4.69) is 20.3 Å². The summed E-state index contributed by atoms with van der Waals surface area (Å²) in [6, 6.07) is 6.03. The van der Waals surface area contributed by atoms with Crippen LogP contribution in [0, 0.1) is 0 Å². The minimum absolute atomic E-state index is 0.0104. The van der Waals surface area contributed by atoms with Crippen molar-refractivity contribution in [2.24, 2.45) is 0 Å². The second kappa shape index (κ2) is 11.5. The largest absolute Gasteiger partial charge is 0.497 e. The van der Waals surface area contributed by atoms with Crippen molar-refractivity contribution in [1.29, 1.82) is 0 Å². The highest BCUT2D eigenvalue weighted by Crippen LogP contribution is 2.44. The number of hydrazine groups is 1. The van der Waals surface area contributed by atoms with Gasteiger partial charge in [-0.1, -0.05) is 18.9 Å². The number of halogens is 4. The molecule has 0 radical (unpaired) electrons. The van der Waals surface area contributed by atoms with Crippen LogP contribution in [0.15, 0.2) is 30.5 Å². The van der Waals surface area contributed by atoms with Gasteiger partial charge in [-0.05, 0) is 64.0 Å². The number of amides is 2. The summed E-state index contributed by atoms with van der Waals surface area (Å²) in [6.45, 7) is 0.282. The van der Waals surface area contributed by atoms with Crippen LogP contribution in [-0.2, 0) is 4.79 Å². The van der Waals surface area contributed by atoms with Gasteiger partial charge in [-0.25, -0.2) is 14.4 Å². The summed E-state index contributed by atoms with van der Waals surface area (Å²) >= 11 is 0. The average Bonchev–Trinajstić information content (AvgIpc) is 3.50. The number of rotatable bonds is 6. The number of hydrogen-bond donors (Lipinski definition) is 1. The molecule has 3 aliphatic rings. The van der Waals surface area contributed by atoms with E-state index in [-0.39, 0.29) is 29.4 Å². The smallest absolute Gasteiger partial charge is 0.433 e. The first-order valence-electron chi connectivity index (χ1n) is 14.0. The van der Waals surface area contributed by atoms with Crippen molar-refractivity contribution in [3.05, 3.63) is 36.0 Å². The van der Waals surface area contributed by atoms with Crippen LogP contribution < -0.4 is 20.0 Å². The molecule has 1 aromatic heterocycles. The lowest BCUT2D eigenvalue weighted by Gasteiger charge is -2.37. The Kier molecular flexibility index (Phi) is 8.19. The number of nitrogens with one attached hydrogen (secondary N) is 1. The number of piperidine rings is 1. The number of methoxy groups -OCH3 is 1. The van der Waals surface area contributed by atoms with Gasteiger partial charge in [0.15, 0.2) is 5.82 Å². The molecule has 2 amide bonds. The molecule has 1 aliphatic carbocycles. The molecule has 0 spiro atoms. The molecule has 0 bridgehead atoms. The highest BCUT2D eigenvalue weighted by Gasteiger charge is 2.65. The number of alkyl halides is 4. The van der Waals surface area contributed by atoms with Crippen LogP contribution in [0.1, 0.15) is 48.9 Å². The molecular formula is C28H35F4N7O3. The molecule has 228 valence electrons. The summed E-state index contributed by atoms with van der Waals surface area (Å²) in [6.07, 6.45) is -0.309. The predicted molar refractivity (Wildman–Crippen MR) is 148 cm³/mol. The van der Waals surface area contributed by atoms with Gasteiger partial charge in [0.05, 0.1) is 25.9 Å². The maximum absolute atomic E-state index is 15.7. The number of hydrogen-bond acceptors (Lipinski definition) is 8. The zero-order chi connectivity index (χ0) is 30.2. The summed E-state index contributed by atoms with van der Waals surface area (Å²) in [5.41, 5.74) is -0.784. The quantitative estimate of drug-likeness (QED) is 0.396. The van der Waals surface area contributed by atoms with Gasteiger partial charge >= 0.3 is 6.18 Å². The molecule has 1 unspecified atom stereocenters. The van der Waals surface area contributed by atoms with Crippen molar-refractivity contribution < 1.29 is 31.9 Å². The monoisotopic (exact) mass is 593 g/mol. The summed E-state index contributed by atoms with van der Waals surface area (Å²) in [5.74, 6) is -1.61. The van der Waals surface area contributed by atoms with Gasteiger partial charge in [-0.2, -0.15) is 18.2 Å². The molecule has 14 heteroatoms. The maximum atomic E-state index is 15.7. The van der Waals surface area contributed by atoms with Crippen LogP contribution >= 0.6 is 0 Å². The maximum Gasteiger partial charge on any atom is 0.433 e. The minimum atomic E-state index is -5.43. The first-order chi connectivity index (χ1) is 19.9. The van der Waals surface area contributed by atoms with E-state index in [9.17, 15) is 22.8 Å². The van der Waals surface area contributed by atoms with Crippen LogP contribution in [0.2, 0.25) is 0 Å². The normalized spacial score (nSPS) is 22.6. The number of likely N-dealkylation sites (tertiary alicyclic amines) is 1. The van der Waals surface area contributed by atoms with Gasteiger partial charge in [0.25, 0.3) is 17.5 Å². The van der Waals surface area contributed by atoms with E-state index < -0.39 is 30.3 Å². The third-order valence-corrected chi connectivity index (χ3v) is 8.44. The average molecular weight is 594 g/mol. The van der Waals surface area contributed by atoms with Gasteiger partial charge in [-0.3, -0.25) is 15.0 Å². The molecule has 1 aromatic carbocycles. The Morgan fingerprint density at radius 2 is 1.83 bits per heavy atom. The van der Waals surface area contributed by atoms with Gasteiger partial charge in [0, 0.05) is 18.7 Å². The first kappa shape index (κ1) is 29.8. The molecule has 1 saturated carbocycles. The third-order valence-electron chi connectivity index (χ3n) is 8.44. The summed E-state index contributed by atoms with van der Waals surface area (Å²) in [7, 11) is 4.59. The van der Waals surface area contributed by atoms with Gasteiger partial charge in [0.1, 0.15) is 11.4 Å². The fourth-order valence-corrected chi connectivity index (χ4v) is 5.91. The lowest BCUT2D eigenvalue weighted by molar-refractivity contribution is -0.222. The Morgan fingerprint density at radius 1 is 1.14 bits per heavy atom. The van der Waals surface area contributed by atoms with E-state index in [0.29, 0.717) is 41.9 Å². The Balaban J connectivity index is 1.54. The van der Waals surface area contributed by atoms with E-state index in [1.807, 2.05) is 7.05 Å². The summed E-state index contributed by atoms with van der Waals surface area (Å²) in [5, 5.41) is 1.45. The van der Waals surface area contributed by atoms with Crippen molar-refractivity contribution >= 4 is 29.3 Å².